The minimum absolute atomic E-state index is 0.184. The van der Waals surface area contributed by atoms with Gasteiger partial charge < -0.3 is 4.74 Å². The molecule has 0 spiro atoms. The van der Waals surface area contributed by atoms with Gasteiger partial charge in [0.2, 0.25) is 0 Å². The molecule has 1 unspecified atom stereocenters. The first kappa shape index (κ1) is 21.8. The molecule has 1 aromatic heterocycles. The van der Waals surface area contributed by atoms with E-state index in [4.69, 9.17) is 4.74 Å². The number of carbonyl (C=O) groups is 1. The number of carbonyl (C=O) groups excluding carboxylic acids is 1. The second-order valence-electron chi connectivity index (χ2n) is 6.90. The summed E-state index contributed by atoms with van der Waals surface area (Å²) in [5, 5.41) is 0. The van der Waals surface area contributed by atoms with Crippen molar-refractivity contribution in [2.45, 2.75) is 17.9 Å². The summed E-state index contributed by atoms with van der Waals surface area (Å²) in [6.07, 6.45) is 3.85. The van der Waals surface area contributed by atoms with Crippen molar-refractivity contribution >= 4 is 51.1 Å². The third-order valence-electron chi connectivity index (χ3n) is 5.00. The first-order valence-corrected chi connectivity index (χ1v) is 12.3. The van der Waals surface area contributed by atoms with E-state index in [2.05, 4.69) is 20.9 Å². The Bertz CT molecular complexity index is 1370. The molecule has 0 fully saturated rings. The van der Waals surface area contributed by atoms with Gasteiger partial charge in [-0.05, 0) is 54.6 Å². The summed E-state index contributed by atoms with van der Waals surface area (Å²) < 4.78 is 8.13. The molecule has 2 heterocycles. The standard InChI is InChI=1S/C23H19BrN2O3S2/c1-13-19(22(28)29-2)20(15-7-9-17(30-3)10-8-15)26-21(27)18(31-23(26)25-13)12-14-5-4-6-16(24)11-14/h4-12,20H,1-3H3. The van der Waals surface area contributed by atoms with E-state index in [0.717, 1.165) is 20.5 Å². The number of halogens is 1. The summed E-state index contributed by atoms with van der Waals surface area (Å²) in [6.45, 7) is 1.78. The van der Waals surface area contributed by atoms with Crippen molar-refractivity contribution in [2.75, 3.05) is 13.4 Å². The first-order valence-electron chi connectivity index (χ1n) is 9.43. The Morgan fingerprint density at radius 3 is 2.65 bits per heavy atom. The van der Waals surface area contributed by atoms with Gasteiger partial charge in [0.15, 0.2) is 4.80 Å². The highest BCUT2D eigenvalue weighted by molar-refractivity contribution is 9.10. The van der Waals surface area contributed by atoms with Crippen LogP contribution >= 0.6 is 39.0 Å². The Kier molecular flexibility index (Phi) is 6.31. The van der Waals surface area contributed by atoms with Crippen LogP contribution in [-0.2, 0) is 9.53 Å². The monoisotopic (exact) mass is 514 g/mol. The second kappa shape index (κ2) is 8.98. The Labute approximate surface area is 195 Å². The fourth-order valence-electron chi connectivity index (χ4n) is 3.54. The van der Waals surface area contributed by atoms with E-state index in [0.29, 0.717) is 20.6 Å². The zero-order chi connectivity index (χ0) is 22.1. The molecule has 1 aliphatic heterocycles. The van der Waals surface area contributed by atoms with E-state index >= 15 is 0 Å². The van der Waals surface area contributed by atoms with Gasteiger partial charge in [0, 0.05) is 9.37 Å². The van der Waals surface area contributed by atoms with Gasteiger partial charge in [0.25, 0.3) is 5.56 Å². The van der Waals surface area contributed by atoms with Crippen molar-refractivity contribution in [3.8, 4) is 0 Å². The van der Waals surface area contributed by atoms with Gasteiger partial charge in [-0.3, -0.25) is 9.36 Å². The number of ether oxygens (including phenoxy) is 1. The number of thioether (sulfide) groups is 1. The number of aromatic nitrogens is 1. The van der Waals surface area contributed by atoms with Crippen LogP contribution in [0.2, 0.25) is 0 Å². The minimum Gasteiger partial charge on any atom is -0.466 e. The van der Waals surface area contributed by atoms with E-state index in [1.807, 2.05) is 60.9 Å². The molecule has 0 bridgehead atoms. The van der Waals surface area contributed by atoms with Gasteiger partial charge in [-0.1, -0.05) is 51.5 Å². The van der Waals surface area contributed by atoms with Crippen molar-refractivity contribution < 1.29 is 9.53 Å². The maximum Gasteiger partial charge on any atom is 0.338 e. The number of methoxy groups -OCH3 is 1. The molecular formula is C23H19BrN2O3S2. The normalized spacial score (nSPS) is 16.1. The highest BCUT2D eigenvalue weighted by atomic mass is 79.9. The van der Waals surface area contributed by atoms with Crippen LogP contribution in [0.3, 0.4) is 0 Å². The lowest BCUT2D eigenvalue weighted by molar-refractivity contribution is -0.136. The van der Waals surface area contributed by atoms with Crippen LogP contribution < -0.4 is 14.9 Å². The van der Waals surface area contributed by atoms with E-state index in [-0.39, 0.29) is 5.56 Å². The molecule has 158 valence electrons. The number of nitrogens with zero attached hydrogens (tertiary/aromatic N) is 2. The summed E-state index contributed by atoms with van der Waals surface area (Å²) in [7, 11) is 1.34. The highest BCUT2D eigenvalue weighted by Gasteiger charge is 2.33. The third kappa shape index (κ3) is 4.20. The molecule has 0 saturated carbocycles. The molecule has 2 aromatic carbocycles. The highest BCUT2D eigenvalue weighted by Crippen LogP contribution is 2.31. The summed E-state index contributed by atoms with van der Waals surface area (Å²) in [4.78, 5) is 32.4. The fourth-order valence-corrected chi connectivity index (χ4v) is 5.41. The molecule has 0 radical (unpaired) electrons. The Morgan fingerprint density at radius 2 is 2.00 bits per heavy atom. The van der Waals surface area contributed by atoms with Gasteiger partial charge in [-0.15, -0.1) is 11.8 Å². The fraction of sp³-hybridized carbons (Fsp3) is 0.174. The Morgan fingerprint density at radius 1 is 1.26 bits per heavy atom. The molecule has 0 saturated heterocycles. The summed E-state index contributed by atoms with van der Waals surface area (Å²) in [5.41, 5.74) is 2.49. The average Bonchev–Trinajstić information content (AvgIpc) is 3.07. The molecule has 0 amide bonds. The molecule has 5 nitrogen and oxygen atoms in total. The minimum atomic E-state index is -0.593. The van der Waals surface area contributed by atoms with Crippen molar-refractivity contribution in [2.24, 2.45) is 4.99 Å². The first-order chi connectivity index (χ1) is 14.9. The number of benzene rings is 2. The summed E-state index contributed by atoms with van der Waals surface area (Å²) in [6, 6.07) is 15.0. The molecule has 31 heavy (non-hydrogen) atoms. The van der Waals surface area contributed by atoms with Crippen LogP contribution in [-0.4, -0.2) is 23.9 Å². The lowest BCUT2D eigenvalue weighted by Crippen LogP contribution is -2.39. The Hall–Kier alpha value is -2.42. The van der Waals surface area contributed by atoms with Crippen molar-refractivity contribution in [3.63, 3.8) is 0 Å². The Balaban J connectivity index is 1.96. The van der Waals surface area contributed by atoms with E-state index < -0.39 is 12.0 Å². The number of allylic oxidation sites excluding steroid dienone is 1. The van der Waals surface area contributed by atoms with Crippen molar-refractivity contribution in [3.05, 3.63) is 95.1 Å². The van der Waals surface area contributed by atoms with Gasteiger partial charge >= 0.3 is 5.97 Å². The molecule has 0 aliphatic carbocycles. The van der Waals surface area contributed by atoms with E-state index in [1.165, 1.54) is 18.4 Å². The molecule has 8 heteroatoms. The number of rotatable bonds is 4. The molecule has 1 atom stereocenters. The van der Waals surface area contributed by atoms with Gasteiger partial charge in [-0.25, -0.2) is 9.79 Å². The largest absolute Gasteiger partial charge is 0.466 e. The molecule has 4 rings (SSSR count). The van der Waals surface area contributed by atoms with E-state index in [1.54, 1.807) is 23.3 Å². The third-order valence-corrected chi connectivity index (χ3v) is 7.22. The average molecular weight is 515 g/mol. The molecule has 3 aromatic rings. The lowest BCUT2D eigenvalue weighted by atomic mass is 9.96. The molecule has 0 N–H and O–H groups in total. The zero-order valence-corrected chi connectivity index (χ0v) is 20.3. The predicted octanol–water partition coefficient (Wildman–Crippen LogP) is 3.89. The number of thiazole rings is 1. The maximum atomic E-state index is 13.5. The quantitative estimate of drug-likeness (QED) is 0.391. The van der Waals surface area contributed by atoms with Crippen LogP contribution in [0.5, 0.6) is 0 Å². The van der Waals surface area contributed by atoms with Crippen molar-refractivity contribution in [1.82, 2.24) is 4.57 Å². The smallest absolute Gasteiger partial charge is 0.338 e. The van der Waals surface area contributed by atoms with Gasteiger partial charge in [0.05, 0.1) is 29.0 Å². The van der Waals surface area contributed by atoms with Gasteiger partial charge in [0.1, 0.15) is 0 Å². The second-order valence-corrected chi connectivity index (χ2v) is 9.71. The molecular weight excluding hydrogens is 496 g/mol. The van der Waals surface area contributed by atoms with Crippen LogP contribution in [0, 0.1) is 0 Å². The predicted molar refractivity (Wildman–Crippen MR) is 128 cm³/mol. The molecule has 1 aliphatic rings. The van der Waals surface area contributed by atoms with Gasteiger partial charge in [-0.2, -0.15) is 0 Å². The number of hydrogen-bond donors (Lipinski definition) is 0. The number of fused-ring (bicyclic) bond motifs is 1. The summed E-state index contributed by atoms with van der Waals surface area (Å²) >= 11 is 6.41. The SMILES string of the molecule is COC(=O)C1=C(C)N=c2sc(=Cc3cccc(Br)c3)c(=O)n2C1c1ccc(SC)cc1. The van der Waals surface area contributed by atoms with Crippen LogP contribution in [0.15, 0.2) is 79.0 Å². The number of esters is 1. The van der Waals surface area contributed by atoms with Crippen LogP contribution in [0.25, 0.3) is 6.08 Å². The number of hydrogen-bond acceptors (Lipinski definition) is 6. The lowest BCUT2D eigenvalue weighted by Gasteiger charge is -2.24. The summed E-state index contributed by atoms with van der Waals surface area (Å²) in [5.74, 6) is -0.485. The topological polar surface area (TPSA) is 60.7 Å². The maximum absolute atomic E-state index is 13.5. The van der Waals surface area contributed by atoms with E-state index in [9.17, 15) is 9.59 Å². The van der Waals surface area contributed by atoms with Crippen LogP contribution in [0.4, 0.5) is 0 Å². The van der Waals surface area contributed by atoms with Crippen LogP contribution in [0.1, 0.15) is 24.1 Å². The van der Waals surface area contributed by atoms with Crippen molar-refractivity contribution in [1.29, 1.82) is 0 Å². The zero-order valence-electron chi connectivity index (χ0n) is 17.1.